The number of nitrogens with two attached hydrogens (primary N) is 1. The Labute approximate surface area is 95.3 Å². The van der Waals surface area contributed by atoms with Crippen molar-refractivity contribution in [2.24, 2.45) is 0 Å². The molecule has 0 aliphatic rings. The molecular formula is C10H17ClN4. The first kappa shape index (κ1) is 12.0. The third kappa shape index (κ3) is 3.23. The number of anilines is 2. The molecule has 0 amide bonds. The van der Waals surface area contributed by atoms with Crippen LogP contribution in [0.5, 0.6) is 0 Å². The maximum absolute atomic E-state index is 5.80. The molecule has 0 fully saturated rings. The molecule has 1 unspecified atom stereocenters. The predicted octanol–water partition coefficient (Wildman–Crippen LogP) is 2.70. The van der Waals surface area contributed by atoms with Gasteiger partial charge in [0.2, 0.25) is 0 Å². The normalized spacial score (nSPS) is 12.5. The van der Waals surface area contributed by atoms with E-state index in [0.29, 0.717) is 22.7 Å². The standard InChI is InChI=1S/C10H17ClN4/c1-3-5-7(4-2)15-10-8(12)9(11)13-6-14-10/h6-7H,3-5,12H2,1-2H3,(H,13,14,15). The lowest BCUT2D eigenvalue weighted by Gasteiger charge is -2.17. The zero-order valence-electron chi connectivity index (χ0n) is 9.13. The van der Waals surface area contributed by atoms with E-state index in [4.69, 9.17) is 17.3 Å². The van der Waals surface area contributed by atoms with Crippen LogP contribution in [0.3, 0.4) is 0 Å². The highest BCUT2D eigenvalue weighted by Gasteiger charge is 2.10. The number of nitrogen functional groups attached to an aromatic ring is 1. The fourth-order valence-electron chi connectivity index (χ4n) is 1.41. The first-order valence-corrected chi connectivity index (χ1v) is 5.59. The van der Waals surface area contributed by atoms with E-state index in [1.165, 1.54) is 6.33 Å². The number of rotatable bonds is 5. The first-order valence-electron chi connectivity index (χ1n) is 5.21. The van der Waals surface area contributed by atoms with E-state index in [0.717, 1.165) is 19.3 Å². The van der Waals surface area contributed by atoms with Crippen molar-refractivity contribution in [3.63, 3.8) is 0 Å². The van der Waals surface area contributed by atoms with E-state index < -0.39 is 0 Å². The lowest BCUT2D eigenvalue weighted by Crippen LogP contribution is -2.20. The minimum absolute atomic E-state index is 0.304. The third-order valence-electron chi connectivity index (χ3n) is 2.31. The summed E-state index contributed by atoms with van der Waals surface area (Å²) in [4.78, 5) is 7.89. The zero-order valence-corrected chi connectivity index (χ0v) is 9.88. The van der Waals surface area contributed by atoms with Crippen LogP contribution in [0.25, 0.3) is 0 Å². The van der Waals surface area contributed by atoms with Gasteiger partial charge in [0.25, 0.3) is 0 Å². The Balaban J connectivity index is 2.74. The Morgan fingerprint density at radius 1 is 1.47 bits per heavy atom. The Morgan fingerprint density at radius 3 is 2.80 bits per heavy atom. The highest BCUT2D eigenvalue weighted by atomic mass is 35.5. The number of nitrogens with zero attached hydrogens (tertiary/aromatic N) is 2. The molecule has 1 aromatic rings. The molecule has 0 radical (unpaired) electrons. The van der Waals surface area contributed by atoms with Gasteiger partial charge in [-0.3, -0.25) is 0 Å². The summed E-state index contributed by atoms with van der Waals surface area (Å²) in [5, 5.41) is 3.58. The minimum atomic E-state index is 0.304. The highest BCUT2D eigenvalue weighted by Crippen LogP contribution is 2.23. The highest BCUT2D eigenvalue weighted by molar-refractivity contribution is 6.32. The predicted molar refractivity (Wildman–Crippen MR) is 64.1 cm³/mol. The zero-order chi connectivity index (χ0) is 11.3. The summed E-state index contributed by atoms with van der Waals surface area (Å²) in [6.45, 7) is 4.28. The topological polar surface area (TPSA) is 63.8 Å². The summed E-state index contributed by atoms with van der Waals surface area (Å²) in [6, 6.07) is 0.392. The molecule has 3 N–H and O–H groups in total. The van der Waals surface area contributed by atoms with Crippen LogP contribution in [-0.2, 0) is 0 Å². The van der Waals surface area contributed by atoms with Crippen molar-refractivity contribution < 1.29 is 0 Å². The van der Waals surface area contributed by atoms with Crippen molar-refractivity contribution in [2.75, 3.05) is 11.1 Å². The van der Waals surface area contributed by atoms with Crippen LogP contribution in [0.4, 0.5) is 11.5 Å². The molecule has 15 heavy (non-hydrogen) atoms. The average molecular weight is 229 g/mol. The largest absolute Gasteiger partial charge is 0.393 e. The summed E-state index contributed by atoms with van der Waals surface area (Å²) in [5.74, 6) is 0.635. The van der Waals surface area contributed by atoms with Crippen LogP contribution in [-0.4, -0.2) is 16.0 Å². The molecule has 0 aliphatic heterocycles. The van der Waals surface area contributed by atoms with Crippen LogP contribution in [0.15, 0.2) is 6.33 Å². The van der Waals surface area contributed by atoms with E-state index in [2.05, 4.69) is 29.1 Å². The molecule has 1 aromatic heterocycles. The Morgan fingerprint density at radius 2 is 2.20 bits per heavy atom. The molecular weight excluding hydrogens is 212 g/mol. The van der Waals surface area contributed by atoms with Crippen LogP contribution in [0.1, 0.15) is 33.1 Å². The first-order chi connectivity index (χ1) is 7.19. The Bertz CT molecular complexity index is 316. The Hall–Kier alpha value is -1.03. The van der Waals surface area contributed by atoms with E-state index in [1.807, 2.05) is 0 Å². The summed E-state index contributed by atoms with van der Waals surface area (Å²) < 4.78 is 0. The van der Waals surface area contributed by atoms with Crippen LogP contribution in [0.2, 0.25) is 5.15 Å². The molecule has 1 atom stereocenters. The smallest absolute Gasteiger partial charge is 0.157 e. The molecule has 0 saturated heterocycles. The summed E-state index contributed by atoms with van der Waals surface area (Å²) >= 11 is 5.80. The van der Waals surface area contributed by atoms with Crippen molar-refractivity contribution in [2.45, 2.75) is 39.2 Å². The molecule has 1 heterocycles. The summed E-state index contributed by atoms with van der Waals surface area (Å²) in [6.07, 6.45) is 4.68. The molecule has 5 heteroatoms. The van der Waals surface area contributed by atoms with Gasteiger partial charge >= 0.3 is 0 Å². The van der Waals surface area contributed by atoms with Crippen molar-refractivity contribution >= 4 is 23.1 Å². The van der Waals surface area contributed by atoms with Gasteiger partial charge in [-0.15, -0.1) is 0 Å². The summed E-state index contributed by atoms with van der Waals surface area (Å²) in [5.41, 5.74) is 6.19. The van der Waals surface area contributed by atoms with E-state index >= 15 is 0 Å². The number of hydrogen-bond acceptors (Lipinski definition) is 4. The van der Waals surface area contributed by atoms with Crippen molar-refractivity contribution in [1.29, 1.82) is 0 Å². The lowest BCUT2D eigenvalue weighted by molar-refractivity contribution is 0.620. The molecule has 0 bridgehead atoms. The number of hydrogen-bond donors (Lipinski definition) is 2. The molecule has 0 aromatic carbocycles. The molecule has 0 spiro atoms. The van der Waals surface area contributed by atoms with Crippen LogP contribution >= 0.6 is 11.6 Å². The van der Waals surface area contributed by atoms with E-state index in [1.54, 1.807) is 0 Å². The minimum Gasteiger partial charge on any atom is -0.393 e. The second-order valence-corrected chi connectivity index (χ2v) is 3.82. The monoisotopic (exact) mass is 228 g/mol. The van der Waals surface area contributed by atoms with Gasteiger partial charge in [0, 0.05) is 6.04 Å². The van der Waals surface area contributed by atoms with Gasteiger partial charge in [-0.05, 0) is 12.8 Å². The van der Waals surface area contributed by atoms with Crippen LogP contribution in [0, 0.1) is 0 Å². The van der Waals surface area contributed by atoms with E-state index in [-0.39, 0.29) is 0 Å². The molecule has 84 valence electrons. The van der Waals surface area contributed by atoms with E-state index in [9.17, 15) is 0 Å². The van der Waals surface area contributed by atoms with Crippen molar-refractivity contribution in [1.82, 2.24) is 9.97 Å². The van der Waals surface area contributed by atoms with Crippen molar-refractivity contribution in [3.8, 4) is 0 Å². The van der Waals surface area contributed by atoms with Gasteiger partial charge in [-0.2, -0.15) is 0 Å². The second kappa shape index (κ2) is 5.75. The van der Waals surface area contributed by atoms with Gasteiger partial charge in [0.05, 0.1) is 0 Å². The second-order valence-electron chi connectivity index (χ2n) is 3.46. The third-order valence-corrected chi connectivity index (χ3v) is 2.61. The average Bonchev–Trinajstić information content (AvgIpc) is 2.24. The maximum Gasteiger partial charge on any atom is 0.157 e. The molecule has 0 aliphatic carbocycles. The fraction of sp³-hybridized carbons (Fsp3) is 0.600. The van der Waals surface area contributed by atoms with Gasteiger partial charge in [-0.25, -0.2) is 9.97 Å². The van der Waals surface area contributed by atoms with Gasteiger partial charge in [-0.1, -0.05) is 31.9 Å². The van der Waals surface area contributed by atoms with Gasteiger partial charge < -0.3 is 11.1 Å². The number of halogens is 1. The number of aromatic nitrogens is 2. The molecule has 1 rings (SSSR count). The summed E-state index contributed by atoms with van der Waals surface area (Å²) in [7, 11) is 0. The quantitative estimate of drug-likeness (QED) is 0.761. The maximum atomic E-state index is 5.80. The van der Waals surface area contributed by atoms with Gasteiger partial charge in [0.1, 0.15) is 12.0 Å². The van der Waals surface area contributed by atoms with Crippen LogP contribution < -0.4 is 11.1 Å². The molecule has 0 saturated carbocycles. The SMILES string of the molecule is CCCC(CC)Nc1ncnc(Cl)c1N. The number of nitrogens with one attached hydrogen (secondary N) is 1. The Kier molecular flexibility index (Phi) is 4.62. The van der Waals surface area contributed by atoms with Gasteiger partial charge in [0.15, 0.2) is 11.0 Å². The fourth-order valence-corrected chi connectivity index (χ4v) is 1.54. The molecule has 4 nitrogen and oxygen atoms in total. The van der Waals surface area contributed by atoms with Crippen molar-refractivity contribution in [3.05, 3.63) is 11.5 Å². The lowest BCUT2D eigenvalue weighted by atomic mass is 10.1.